The summed E-state index contributed by atoms with van der Waals surface area (Å²) in [5, 5.41) is 11.6. The lowest BCUT2D eigenvalue weighted by Crippen LogP contribution is -2.14. The number of hydrogen-bond acceptors (Lipinski definition) is 4. The maximum atomic E-state index is 10.5. The van der Waals surface area contributed by atoms with Gasteiger partial charge >= 0.3 is 0 Å². The van der Waals surface area contributed by atoms with Crippen LogP contribution >= 0.6 is 0 Å². The minimum atomic E-state index is -0.378. The highest BCUT2D eigenvalue weighted by Gasteiger charge is 1.99. The highest BCUT2D eigenvalue weighted by Crippen LogP contribution is 2.13. The molecule has 0 spiro atoms. The fraction of sp³-hybridized carbons (Fsp3) is 0.333. The third-order valence-corrected chi connectivity index (χ3v) is 2.17. The first-order valence-corrected chi connectivity index (χ1v) is 5.29. The fourth-order valence-corrected chi connectivity index (χ4v) is 1.30. The van der Waals surface area contributed by atoms with Gasteiger partial charge in [-0.25, -0.2) is 0 Å². The van der Waals surface area contributed by atoms with Crippen molar-refractivity contribution in [1.82, 2.24) is 0 Å². The third kappa shape index (κ3) is 5.01. The lowest BCUT2D eigenvalue weighted by Gasteiger charge is -2.05. The Balaban J connectivity index is 2.47. The summed E-state index contributed by atoms with van der Waals surface area (Å²) in [7, 11) is 0. The standard InChI is InChI=1S/C12H16N2O3/c1-9(14-16)8-10-2-4-11(5-3-10)17-7-6-12(13)15/h2-5,16H,6-8H2,1H3,(H2,13,15)/b14-9-. The van der Waals surface area contributed by atoms with Crippen LogP contribution in [0.25, 0.3) is 0 Å². The molecule has 0 aliphatic carbocycles. The van der Waals surface area contributed by atoms with E-state index < -0.39 is 0 Å². The van der Waals surface area contributed by atoms with Gasteiger partial charge in [0.15, 0.2) is 0 Å². The van der Waals surface area contributed by atoms with E-state index in [1.807, 2.05) is 12.1 Å². The molecule has 0 saturated heterocycles. The first kappa shape index (κ1) is 13.0. The highest BCUT2D eigenvalue weighted by atomic mass is 16.5. The summed E-state index contributed by atoms with van der Waals surface area (Å²) in [6, 6.07) is 7.38. The monoisotopic (exact) mass is 236 g/mol. The molecule has 1 aromatic rings. The summed E-state index contributed by atoms with van der Waals surface area (Å²) in [5.74, 6) is 0.310. The van der Waals surface area contributed by atoms with Crippen molar-refractivity contribution in [2.45, 2.75) is 19.8 Å². The minimum absolute atomic E-state index is 0.206. The van der Waals surface area contributed by atoms with Crippen LogP contribution in [-0.4, -0.2) is 23.4 Å². The van der Waals surface area contributed by atoms with Crippen molar-refractivity contribution >= 4 is 11.6 Å². The van der Waals surface area contributed by atoms with Gasteiger partial charge in [-0.3, -0.25) is 4.79 Å². The lowest BCUT2D eigenvalue weighted by atomic mass is 10.1. The summed E-state index contributed by atoms with van der Waals surface area (Å²) in [5.41, 5.74) is 6.67. The molecule has 92 valence electrons. The number of amides is 1. The average molecular weight is 236 g/mol. The summed E-state index contributed by atoms with van der Waals surface area (Å²) >= 11 is 0. The molecule has 0 aliphatic rings. The molecule has 0 radical (unpaired) electrons. The first-order valence-electron chi connectivity index (χ1n) is 5.29. The molecule has 0 heterocycles. The van der Waals surface area contributed by atoms with Crippen LogP contribution in [0.2, 0.25) is 0 Å². The van der Waals surface area contributed by atoms with Gasteiger partial charge in [0.05, 0.1) is 18.7 Å². The van der Waals surface area contributed by atoms with Gasteiger partial charge < -0.3 is 15.7 Å². The molecule has 1 aromatic carbocycles. The van der Waals surface area contributed by atoms with Crippen molar-refractivity contribution in [3.05, 3.63) is 29.8 Å². The second-order valence-corrected chi connectivity index (χ2v) is 3.72. The van der Waals surface area contributed by atoms with Gasteiger partial charge in [0.1, 0.15) is 5.75 Å². The first-order chi connectivity index (χ1) is 8.11. The Labute approximate surface area is 99.9 Å². The number of rotatable bonds is 6. The molecule has 0 atom stereocenters. The maximum absolute atomic E-state index is 10.5. The predicted molar refractivity (Wildman–Crippen MR) is 64.3 cm³/mol. The number of carbonyl (C=O) groups is 1. The van der Waals surface area contributed by atoms with E-state index in [2.05, 4.69) is 5.16 Å². The molecule has 0 unspecified atom stereocenters. The van der Waals surface area contributed by atoms with Crippen molar-refractivity contribution in [2.24, 2.45) is 10.9 Å². The van der Waals surface area contributed by atoms with Crippen LogP contribution in [0.1, 0.15) is 18.9 Å². The zero-order chi connectivity index (χ0) is 12.7. The predicted octanol–water partition coefficient (Wildman–Crippen LogP) is 1.33. The van der Waals surface area contributed by atoms with Crippen LogP contribution in [0.4, 0.5) is 0 Å². The molecule has 1 amide bonds. The van der Waals surface area contributed by atoms with Gasteiger partial charge in [-0.1, -0.05) is 17.3 Å². The van der Waals surface area contributed by atoms with Crippen LogP contribution in [0.15, 0.2) is 29.4 Å². The Hall–Kier alpha value is -2.04. The van der Waals surface area contributed by atoms with Gasteiger partial charge in [-0.15, -0.1) is 0 Å². The average Bonchev–Trinajstić information content (AvgIpc) is 2.31. The molecule has 0 aromatic heterocycles. The van der Waals surface area contributed by atoms with Crippen molar-refractivity contribution in [2.75, 3.05) is 6.61 Å². The molecule has 5 nitrogen and oxygen atoms in total. The fourth-order valence-electron chi connectivity index (χ4n) is 1.30. The number of hydrogen-bond donors (Lipinski definition) is 2. The van der Waals surface area contributed by atoms with E-state index in [1.54, 1.807) is 19.1 Å². The Morgan fingerprint density at radius 1 is 1.41 bits per heavy atom. The largest absolute Gasteiger partial charge is 0.493 e. The van der Waals surface area contributed by atoms with Gasteiger partial charge in [0.25, 0.3) is 0 Å². The van der Waals surface area contributed by atoms with Crippen LogP contribution in [0.3, 0.4) is 0 Å². The molecule has 0 fully saturated rings. The van der Waals surface area contributed by atoms with E-state index in [1.165, 1.54) is 0 Å². The van der Waals surface area contributed by atoms with E-state index in [0.717, 1.165) is 5.56 Å². The number of oxime groups is 1. The van der Waals surface area contributed by atoms with Crippen molar-refractivity contribution in [1.29, 1.82) is 0 Å². The zero-order valence-corrected chi connectivity index (χ0v) is 9.72. The summed E-state index contributed by atoms with van der Waals surface area (Å²) in [6.07, 6.45) is 0.802. The van der Waals surface area contributed by atoms with E-state index in [9.17, 15) is 4.79 Å². The normalized spacial score (nSPS) is 11.2. The van der Waals surface area contributed by atoms with Crippen LogP contribution < -0.4 is 10.5 Å². The van der Waals surface area contributed by atoms with E-state index in [-0.39, 0.29) is 18.9 Å². The molecule has 5 heteroatoms. The second kappa shape index (κ2) is 6.52. The lowest BCUT2D eigenvalue weighted by molar-refractivity contribution is -0.118. The quantitative estimate of drug-likeness (QED) is 0.444. The van der Waals surface area contributed by atoms with Gasteiger partial charge in [-0.2, -0.15) is 0 Å². The number of carbonyl (C=O) groups excluding carboxylic acids is 1. The van der Waals surface area contributed by atoms with Crippen molar-refractivity contribution in [3.8, 4) is 5.75 Å². The molecule has 0 aliphatic heterocycles. The Kier molecular flexibility index (Phi) is 5.00. The summed E-state index contributed by atoms with van der Waals surface area (Å²) < 4.78 is 5.32. The number of primary amides is 1. The molecule has 0 bridgehead atoms. The Morgan fingerprint density at radius 3 is 2.59 bits per heavy atom. The number of ether oxygens (including phenoxy) is 1. The molecule has 1 rings (SSSR count). The Bertz CT molecular complexity index is 399. The smallest absolute Gasteiger partial charge is 0.220 e. The highest BCUT2D eigenvalue weighted by molar-refractivity contribution is 5.83. The molecular formula is C12H16N2O3. The minimum Gasteiger partial charge on any atom is -0.493 e. The number of benzene rings is 1. The van der Waals surface area contributed by atoms with Crippen molar-refractivity contribution in [3.63, 3.8) is 0 Å². The number of nitrogens with two attached hydrogens (primary N) is 1. The van der Waals surface area contributed by atoms with Crippen LogP contribution in [-0.2, 0) is 11.2 Å². The maximum Gasteiger partial charge on any atom is 0.220 e. The van der Waals surface area contributed by atoms with Gasteiger partial charge in [0, 0.05) is 6.42 Å². The molecule has 17 heavy (non-hydrogen) atoms. The topological polar surface area (TPSA) is 84.9 Å². The van der Waals surface area contributed by atoms with Crippen LogP contribution in [0.5, 0.6) is 5.75 Å². The summed E-state index contributed by atoms with van der Waals surface area (Å²) in [4.78, 5) is 10.5. The van der Waals surface area contributed by atoms with Crippen molar-refractivity contribution < 1.29 is 14.7 Å². The second-order valence-electron chi connectivity index (χ2n) is 3.72. The van der Waals surface area contributed by atoms with Gasteiger partial charge in [0.2, 0.25) is 5.91 Å². The summed E-state index contributed by atoms with van der Waals surface area (Å²) in [6.45, 7) is 2.03. The van der Waals surface area contributed by atoms with Crippen LogP contribution in [0, 0.1) is 0 Å². The number of nitrogens with zero attached hydrogens (tertiary/aromatic N) is 1. The zero-order valence-electron chi connectivity index (χ0n) is 9.72. The van der Waals surface area contributed by atoms with E-state index >= 15 is 0 Å². The Morgan fingerprint density at radius 2 is 2.06 bits per heavy atom. The molecular weight excluding hydrogens is 220 g/mol. The van der Waals surface area contributed by atoms with E-state index in [4.69, 9.17) is 15.7 Å². The molecule has 0 saturated carbocycles. The van der Waals surface area contributed by atoms with E-state index in [0.29, 0.717) is 17.9 Å². The van der Waals surface area contributed by atoms with Gasteiger partial charge in [-0.05, 0) is 24.6 Å². The third-order valence-electron chi connectivity index (χ3n) is 2.17. The molecule has 3 N–H and O–H groups in total. The SMILES string of the molecule is C/C(Cc1ccc(OCCC(N)=O)cc1)=N/O.